The molecule has 3 heteroatoms. The lowest BCUT2D eigenvalue weighted by Gasteiger charge is -2.06. The van der Waals surface area contributed by atoms with E-state index in [-0.39, 0.29) is 11.9 Å². The van der Waals surface area contributed by atoms with Crippen molar-refractivity contribution in [2.24, 2.45) is 0 Å². The van der Waals surface area contributed by atoms with Gasteiger partial charge < -0.3 is 9.84 Å². The highest BCUT2D eigenvalue weighted by molar-refractivity contribution is 5.22. The molecule has 0 fully saturated rings. The van der Waals surface area contributed by atoms with Gasteiger partial charge in [0.15, 0.2) is 0 Å². The maximum absolute atomic E-state index is 12.7. The minimum Gasteiger partial charge on any atom is -0.493 e. The number of aliphatic hydroxyl groups is 1. The third-order valence-electron chi connectivity index (χ3n) is 1.83. The molecule has 0 saturated heterocycles. The van der Waals surface area contributed by atoms with E-state index in [0.717, 1.165) is 6.42 Å². The van der Waals surface area contributed by atoms with Crippen LogP contribution < -0.4 is 4.74 Å². The first-order valence-electron chi connectivity index (χ1n) is 4.75. The molecule has 1 aromatic rings. The van der Waals surface area contributed by atoms with Crippen molar-refractivity contribution in [1.82, 2.24) is 0 Å². The van der Waals surface area contributed by atoms with Crippen LogP contribution >= 0.6 is 0 Å². The first kappa shape index (κ1) is 11.0. The van der Waals surface area contributed by atoms with Crippen LogP contribution in [0.25, 0.3) is 0 Å². The highest BCUT2D eigenvalue weighted by atomic mass is 19.1. The molecule has 0 bridgehead atoms. The molecular formula is C11H15FO2. The summed E-state index contributed by atoms with van der Waals surface area (Å²) in [7, 11) is 0. The fourth-order valence-electron chi connectivity index (χ4n) is 1.13. The second kappa shape index (κ2) is 5.60. The number of hydrogen-bond acceptors (Lipinski definition) is 2. The van der Waals surface area contributed by atoms with Gasteiger partial charge in [0.2, 0.25) is 0 Å². The van der Waals surface area contributed by atoms with Crippen LogP contribution in [0.3, 0.4) is 0 Å². The van der Waals surface area contributed by atoms with Crippen molar-refractivity contribution in [2.75, 3.05) is 6.61 Å². The maximum Gasteiger partial charge on any atom is 0.126 e. The second-order valence-corrected chi connectivity index (χ2v) is 3.30. The standard InChI is InChI=1S/C11H15FO2/c1-9(13)4-3-7-14-11-6-2-5-10(12)8-11/h2,5-6,8-9,13H,3-4,7H2,1H3/t9-/m1/s1. The molecule has 1 N–H and O–H groups in total. The molecule has 0 unspecified atom stereocenters. The van der Waals surface area contributed by atoms with Crippen LogP contribution in [-0.2, 0) is 0 Å². The van der Waals surface area contributed by atoms with E-state index in [2.05, 4.69) is 0 Å². The molecule has 0 radical (unpaired) electrons. The molecule has 1 rings (SSSR count). The first-order chi connectivity index (χ1) is 6.68. The number of ether oxygens (including phenoxy) is 1. The van der Waals surface area contributed by atoms with Gasteiger partial charge in [-0.15, -0.1) is 0 Å². The van der Waals surface area contributed by atoms with Crippen LogP contribution in [0.15, 0.2) is 24.3 Å². The summed E-state index contributed by atoms with van der Waals surface area (Å²) < 4.78 is 18.0. The van der Waals surface area contributed by atoms with Gasteiger partial charge in [-0.2, -0.15) is 0 Å². The van der Waals surface area contributed by atoms with Crippen molar-refractivity contribution >= 4 is 0 Å². The van der Waals surface area contributed by atoms with Gasteiger partial charge in [-0.05, 0) is 31.9 Å². The molecule has 14 heavy (non-hydrogen) atoms. The van der Waals surface area contributed by atoms with E-state index >= 15 is 0 Å². The Balaban J connectivity index is 2.25. The van der Waals surface area contributed by atoms with E-state index in [9.17, 15) is 4.39 Å². The predicted molar refractivity (Wildman–Crippen MR) is 52.8 cm³/mol. The Labute approximate surface area is 83.3 Å². The molecule has 0 heterocycles. The Bertz CT molecular complexity index is 274. The molecule has 78 valence electrons. The van der Waals surface area contributed by atoms with Crippen molar-refractivity contribution in [1.29, 1.82) is 0 Å². The summed E-state index contributed by atoms with van der Waals surface area (Å²) in [5.74, 6) is 0.244. The van der Waals surface area contributed by atoms with Gasteiger partial charge in [-0.3, -0.25) is 0 Å². The summed E-state index contributed by atoms with van der Waals surface area (Å²) in [6.45, 7) is 2.25. The molecule has 0 spiro atoms. The quantitative estimate of drug-likeness (QED) is 0.736. The Morgan fingerprint density at radius 1 is 1.50 bits per heavy atom. The smallest absolute Gasteiger partial charge is 0.126 e. The molecule has 0 amide bonds. The third kappa shape index (κ3) is 4.23. The summed E-state index contributed by atoms with van der Waals surface area (Å²) in [5, 5.41) is 8.98. The van der Waals surface area contributed by atoms with Crippen LogP contribution in [0.5, 0.6) is 5.75 Å². The van der Waals surface area contributed by atoms with Crippen molar-refractivity contribution in [3.63, 3.8) is 0 Å². The number of benzene rings is 1. The molecule has 0 saturated carbocycles. The summed E-state index contributed by atoms with van der Waals surface area (Å²) in [6.07, 6.45) is 1.18. The summed E-state index contributed by atoms with van der Waals surface area (Å²) in [5.41, 5.74) is 0. The van der Waals surface area contributed by atoms with Gasteiger partial charge in [0.1, 0.15) is 11.6 Å². The van der Waals surface area contributed by atoms with Gasteiger partial charge in [0.05, 0.1) is 12.7 Å². The normalized spacial score (nSPS) is 12.5. The number of rotatable bonds is 5. The molecule has 0 aliphatic heterocycles. The predicted octanol–water partition coefficient (Wildman–Crippen LogP) is 2.37. The second-order valence-electron chi connectivity index (χ2n) is 3.30. The minimum absolute atomic E-state index is 0.293. The first-order valence-corrected chi connectivity index (χ1v) is 4.75. The van der Waals surface area contributed by atoms with E-state index in [1.807, 2.05) is 0 Å². The highest BCUT2D eigenvalue weighted by Gasteiger charge is 1.97. The van der Waals surface area contributed by atoms with Gasteiger partial charge in [0.25, 0.3) is 0 Å². The van der Waals surface area contributed by atoms with Gasteiger partial charge in [-0.25, -0.2) is 4.39 Å². The van der Waals surface area contributed by atoms with Crippen LogP contribution in [-0.4, -0.2) is 17.8 Å². The third-order valence-corrected chi connectivity index (χ3v) is 1.83. The number of hydrogen-bond donors (Lipinski definition) is 1. The van der Waals surface area contributed by atoms with Crippen LogP contribution in [0.2, 0.25) is 0 Å². The van der Waals surface area contributed by atoms with Gasteiger partial charge in [0, 0.05) is 6.07 Å². The number of halogens is 1. The lowest BCUT2D eigenvalue weighted by molar-refractivity contribution is 0.170. The topological polar surface area (TPSA) is 29.5 Å². The zero-order valence-electron chi connectivity index (χ0n) is 8.24. The molecule has 0 aliphatic carbocycles. The van der Waals surface area contributed by atoms with Crippen molar-refractivity contribution < 1.29 is 14.2 Å². The molecule has 1 atom stereocenters. The van der Waals surface area contributed by atoms with Gasteiger partial charge >= 0.3 is 0 Å². The zero-order chi connectivity index (χ0) is 10.4. The number of aliphatic hydroxyl groups excluding tert-OH is 1. The Morgan fingerprint density at radius 3 is 2.93 bits per heavy atom. The van der Waals surface area contributed by atoms with Crippen molar-refractivity contribution in [3.05, 3.63) is 30.1 Å². The average Bonchev–Trinajstić information content (AvgIpc) is 2.12. The summed E-state index contributed by atoms with van der Waals surface area (Å²) in [6, 6.07) is 6.05. The Hall–Kier alpha value is -1.09. The van der Waals surface area contributed by atoms with Crippen LogP contribution in [0.4, 0.5) is 4.39 Å². The maximum atomic E-state index is 12.7. The Morgan fingerprint density at radius 2 is 2.29 bits per heavy atom. The largest absolute Gasteiger partial charge is 0.493 e. The van der Waals surface area contributed by atoms with Crippen LogP contribution in [0.1, 0.15) is 19.8 Å². The monoisotopic (exact) mass is 198 g/mol. The Kier molecular flexibility index (Phi) is 4.40. The molecule has 1 aromatic carbocycles. The average molecular weight is 198 g/mol. The molecule has 0 aliphatic rings. The molecular weight excluding hydrogens is 183 g/mol. The SMILES string of the molecule is C[C@@H](O)CCCOc1cccc(F)c1. The summed E-state index contributed by atoms with van der Waals surface area (Å²) in [4.78, 5) is 0. The fourth-order valence-corrected chi connectivity index (χ4v) is 1.13. The summed E-state index contributed by atoms with van der Waals surface area (Å²) >= 11 is 0. The van der Waals surface area contributed by atoms with Crippen molar-refractivity contribution in [3.8, 4) is 5.75 Å². The van der Waals surface area contributed by atoms with E-state index in [0.29, 0.717) is 18.8 Å². The zero-order valence-corrected chi connectivity index (χ0v) is 8.24. The van der Waals surface area contributed by atoms with E-state index in [4.69, 9.17) is 9.84 Å². The molecule has 0 aromatic heterocycles. The highest BCUT2D eigenvalue weighted by Crippen LogP contribution is 2.12. The van der Waals surface area contributed by atoms with E-state index < -0.39 is 0 Å². The van der Waals surface area contributed by atoms with Crippen LogP contribution in [0, 0.1) is 5.82 Å². The van der Waals surface area contributed by atoms with Crippen molar-refractivity contribution in [2.45, 2.75) is 25.9 Å². The minimum atomic E-state index is -0.300. The molecule has 2 nitrogen and oxygen atoms in total. The lowest BCUT2D eigenvalue weighted by Crippen LogP contribution is -2.04. The van der Waals surface area contributed by atoms with E-state index in [1.54, 1.807) is 19.1 Å². The fraction of sp³-hybridized carbons (Fsp3) is 0.455. The van der Waals surface area contributed by atoms with Gasteiger partial charge in [-0.1, -0.05) is 6.07 Å². The lowest BCUT2D eigenvalue weighted by atomic mass is 10.2. The van der Waals surface area contributed by atoms with E-state index in [1.165, 1.54) is 12.1 Å².